The Morgan fingerprint density at radius 1 is 1.35 bits per heavy atom. The maximum absolute atomic E-state index is 11.5. The first kappa shape index (κ1) is 14.7. The SMILES string of the molecule is Cl.N#Cc1ccc2n1CCN(C(=O)O)C21CCNCC1. The molecular weight excluding hydrogens is 280 g/mol. The van der Waals surface area contributed by atoms with Crippen LogP contribution < -0.4 is 5.32 Å². The van der Waals surface area contributed by atoms with Crippen LogP contribution >= 0.6 is 12.4 Å². The average Bonchev–Trinajstić information content (AvgIpc) is 2.84. The Hall–Kier alpha value is -1.71. The molecule has 0 unspecified atom stereocenters. The predicted octanol–water partition coefficient (Wildman–Crippen LogP) is 1.35. The quantitative estimate of drug-likeness (QED) is 0.757. The number of hydrogen-bond acceptors (Lipinski definition) is 3. The largest absolute Gasteiger partial charge is 0.465 e. The lowest BCUT2D eigenvalue weighted by molar-refractivity contribution is 0.0296. The standard InChI is InChI=1S/C13H16N4O2.ClH/c14-9-10-1-2-11-13(3-5-15-6-4-13)17(12(18)19)8-7-16(10)11;/h1-2,15H,3-8H2,(H,18,19);1H. The van der Waals surface area contributed by atoms with Crippen molar-refractivity contribution in [3.05, 3.63) is 23.5 Å². The highest BCUT2D eigenvalue weighted by molar-refractivity contribution is 5.85. The summed E-state index contributed by atoms with van der Waals surface area (Å²) in [6.07, 6.45) is 0.649. The van der Waals surface area contributed by atoms with Crippen LogP contribution in [-0.2, 0) is 12.1 Å². The third-order valence-electron chi connectivity index (χ3n) is 4.30. The monoisotopic (exact) mass is 296 g/mol. The van der Waals surface area contributed by atoms with E-state index in [1.807, 2.05) is 10.6 Å². The summed E-state index contributed by atoms with van der Waals surface area (Å²) >= 11 is 0. The van der Waals surface area contributed by atoms with Crippen molar-refractivity contribution in [3.63, 3.8) is 0 Å². The molecule has 0 aliphatic carbocycles. The lowest BCUT2D eigenvalue weighted by atomic mass is 9.82. The van der Waals surface area contributed by atoms with Crippen molar-refractivity contribution < 1.29 is 9.90 Å². The van der Waals surface area contributed by atoms with Crippen molar-refractivity contribution in [1.82, 2.24) is 14.8 Å². The van der Waals surface area contributed by atoms with Gasteiger partial charge in [0, 0.05) is 18.8 Å². The van der Waals surface area contributed by atoms with E-state index in [2.05, 4.69) is 11.4 Å². The van der Waals surface area contributed by atoms with Gasteiger partial charge in [-0.05, 0) is 38.1 Å². The van der Waals surface area contributed by atoms with E-state index < -0.39 is 11.6 Å². The van der Waals surface area contributed by atoms with Gasteiger partial charge in [0.1, 0.15) is 11.8 Å². The number of nitriles is 1. The Kier molecular flexibility index (Phi) is 3.93. The molecule has 0 radical (unpaired) electrons. The van der Waals surface area contributed by atoms with E-state index in [0.717, 1.165) is 31.6 Å². The summed E-state index contributed by atoms with van der Waals surface area (Å²) in [5, 5.41) is 21.9. The summed E-state index contributed by atoms with van der Waals surface area (Å²) in [5.41, 5.74) is 1.13. The Morgan fingerprint density at radius 2 is 2.05 bits per heavy atom. The molecule has 1 fully saturated rings. The van der Waals surface area contributed by atoms with Gasteiger partial charge in [0.15, 0.2) is 0 Å². The fraction of sp³-hybridized carbons (Fsp3) is 0.538. The summed E-state index contributed by atoms with van der Waals surface area (Å²) < 4.78 is 1.98. The Balaban J connectivity index is 0.00000147. The van der Waals surface area contributed by atoms with Gasteiger partial charge >= 0.3 is 6.09 Å². The smallest absolute Gasteiger partial charge is 0.408 e. The maximum atomic E-state index is 11.5. The fourth-order valence-corrected chi connectivity index (χ4v) is 3.41. The first-order valence-electron chi connectivity index (χ1n) is 6.50. The third kappa shape index (κ3) is 1.94. The van der Waals surface area contributed by atoms with Gasteiger partial charge in [-0.3, -0.25) is 4.90 Å². The number of nitrogens with zero attached hydrogens (tertiary/aromatic N) is 3. The number of nitrogens with one attached hydrogen (secondary N) is 1. The number of hydrogen-bond donors (Lipinski definition) is 2. The van der Waals surface area contributed by atoms with E-state index in [-0.39, 0.29) is 12.4 Å². The second-order valence-corrected chi connectivity index (χ2v) is 5.08. The minimum absolute atomic E-state index is 0. The van der Waals surface area contributed by atoms with Crippen LogP contribution in [0.2, 0.25) is 0 Å². The molecular formula is C13H17ClN4O2. The van der Waals surface area contributed by atoms with Crippen molar-refractivity contribution in [1.29, 1.82) is 5.26 Å². The van der Waals surface area contributed by atoms with Crippen molar-refractivity contribution in [2.24, 2.45) is 0 Å². The van der Waals surface area contributed by atoms with Crippen LogP contribution in [-0.4, -0.2) is 40.3 Å². The van der Waals surface area contributed by atoms with Crippen molar-refractivity contribution in [2.75, 3.05) is 19.6 Å². The highest BCUT2D eigenvalue weighted by Gasteiger charge is 2.46. The van der Waals surface area contributed by atoms with Crippen LogP contribution in [0.4, 0.5) is 4.79 Å². The fourth-order valence-electron chi connectivity index (χ4n) is 3.41. The number of halogens is 1. The molecule has 1 amide bonds. The second-order valence-electron chi connectivity index (χ2n) is 5.08. The normalized spacial score (nSPS) is 19.9. The first-order chi connectivity index (χ1) is 9.19. The summed E-state index contributed by atoms with van der Waals surface area (Å²) in [5.74, 6) is 0. The van der Waals surface area contributed by atoms with Gasteiger partial charge in [0.05, 0.1) is 5.54 Å². The number of carbonyl (C=O) groups is 1. The van der Waals surface area contributed by atoms with Gasteiger partial charge in [0.25, 0.3) is 0 Å². The highest BCUT2D eigenvalue weighted by atomic mass is 35.5. The Labute approximate surface area is 123 Å². The number of aromatic nitrogens is 1. The van der Waals surface area contributed by atoms with Gasteiger partial charge in [-0.2, -0.15) is 5.26 Å². The molecule has 3 heterocycles. The van der Waals surface area contributed by atoms with Crippen LogP contribution in [0.3, 0.4) is 0 Å². The summed E-state index contributed by atoms with van der Waals surface area (Å²) in [6, 6.07) is 5.89. The molecule has 1 saturated heterocycles. The number of amides is 1. The minimum atomic E-state index is -0.868. The van der Waals surface area contributed by atoms with Crippen molar-refractivity contribution in [2.45, 2.75) is 24.9 Å². The molecule has 108 valence electrons. The van der Waals surface area contributed by atoms with E-state index in [9.17, 15) is 9.90 Å². The molecule has 7 heteroatoms. The number of piperidine rings is 1. The Morgan fingerprint density at radius 3 is 2.65 bits per heavy atom. The van der Waals surface area contributed by atoms with E-state index in [1.165, 1.54) is 0 Å². The molecule has 3 rings (SSSR count). The molecule has 1 aromatic rings. The highest BCUT2D eigenvalue weighted by Crippen LogP contribution is 2.40. The van der Waals surface area contributed by atoms with Gasteiger partial charge in [0.2, 0.25) is 0 Å². The summed E-state index contributed by atoms with van der Waals surface area (Å²) in [7, 11) is 0. The number of fused-ring (bicyclic) bond motifs is 2. The maximum Gasteiger partial charge on any atom is 0.408 e. The molecule has 0 aromatic carbocycles. The van der Waals surface area contributed by atoms with Crippen LogP contribution in [0.25, 0.3) is 0 Å². The van der Waals surface area contributed by atoms with E-state index in [4.69, 9.17) is 5.26 Å². The number of rotatable bonds is 0. The summed E-state index contributed by atoms with van der Waals surface area (Å²) in [4.78, 5) is 13.1. The molecule has 2 N–H and O–H groups in total. The molecule has 2 aliphatic heterocycles. The van der Waals surface area contributed by atoms with E-state index >= 15 is 0 Å². The predicted molar refractivity (Wildman–Crippen MR) is 74.9 cm³/mol. The van der Waals surface area contributed by atoms with E-state index in [0.29, 0.717) is 18.8 Å². The van der Waals surface area contributed by atoms with E-state index in [1.54, 1.807) is 11.0 Å². The topological polar surface area (TPSA) is 81.3 Å². The lowest BCUT2D eigenvalue weighted by Crippen LogP contribution is -2.58. The molecule has 0 bridgehead atoms. The lowest BCUT2D eigenvalue weighted by Gasteiger charge is -2.48. The van der Waals surface area contributed by atoms with Crippen LogP contribution in [0.5, 0.6) is 0 Å². The van der Waals surface area contributed by atoms with Gasteiger partial charge < -0.3 is 15.0 Å². The van der Waals surface area contributed by atoms with Gasteiger partial charge in [-0.1, -0.05) is 0 Å². The van der Waals surface area contributed by atoms with Crippen molar-refractivity contribution >= 4 is 18.5 Å². The molecule has 1 spiro atoms. The number of carboxylic acid groups (broad SMARTS) is 1. The van der Waals surface area contributed by atoms with Crippen molar-refractivity contribution in [3.8, 4) is 6.07 Å². The van der Waals surface area contributed by atoms with Gasteiger partial charge in [-0.25, -0.2) is 4.79 Å². The first-order valence-corrected chi connectivity index (χ1v) is 6.50. The summed E-state index contributed by atoms with van der Waals surface area (Å²) in [6.45, 7) is 2.62. The van der Waals surface area contributed by atoms with Crippen LogP contribution in [0, 0.1) is 11.3 Å². The molecule has 6 nitrogen and oxygen atoms in total. The third-order valence-corrected chi connectivity index (χ3v) is 4.30. The second kappa shape index (κ2) is 5.35. The molecule has 0 saturated carbocycles. The molecule has 1 aromatic heterocycles. The molecule has 20 heavy (non-hydrogen) atoms. The zero-order valence-corrected chi connectivity index (χ0v) is 11.8. The average molecular weight is 297 g/mol. The zero-order chi connectivity index (χ0) is 13.5. The minimum Gasteiger partial charge on any atom is -0.465 e. The van der Waals surface area contributed by atoms with Crippen LogP contribution in [0.15, 0.2) is 12.1 Å². The molecule has 0 atom stereocenters. The van der Waals surface area contributed by atoms with Crippen LogP contribution in [0.1, 0.15) is 24.2 Å². The zero-order valence-electron chi connectivity index (χ0n) is 11.0. The van der Waals surface area contributed by atoms with Gasteiger partial charge in [-0.15, -0.1) is 12.4 Å². The molecule has 2 aliphatic rings. The Bertz CT molecular complexity index is 557.